The summed E-state index contributed by atoms with van der Waals surface area (Å²) in [4.78, 5) is 59.5. The molecule has 46 heavy (non-hydrogen) atoms. The molecule has 1 aliphatic carbocycles. The third-order valence-electron chi connectivity index (χ3n) is 6.78. The Morgan fingerprint density at radius 2 is 1.65 bits per heavy atom. The SMILES string of the molecule is CCC(=O)C(=O)NCC[C@H](NC(=O)c1ccc(Nc2nc(NC3(c4ccc(Cl)cc4)CC3)nc(OCC(F)(F)F)n2)cc1)C(=O)O. The summed E-state index contributed by atoms with van der Waals surface area (Å²) in [7, 11) is 0. The van der Waals surface area contributed by atoms with Crippen molar-refractivity contribution in [2.24, 2.45) is 0 Å². The monoisotopic (exact) mass is 663 g/mol. The van der Waals surface area contributed by atoms with Crippen molar-refractivity contribution in [3.8, 4) is 6.01 Å². The van der Waals surface area contributed by atoms with E-state index in [4.69, 9.17) is 16.3 Å². The lowest BCUT2D eigenvalue weighted by molar-refractivity contribution is -0.154. The Bertz CT molecular complexity index is 1590. The lowest BCUT2D eigenvalue weighted by Gasteiger charge is -2.19. The first-order valence-corrected chi connectivity index (χ1v) is 14.4. The summed E-state index contributed by atoms with van der Waals surface area (Å²) in [5.41, 5.74) is 0.770. The van der Waals surface area contributed by atoms with Crippen LogP contribution in [0.4, 0.5) is 30.8 Å². The first-order valence-electron chi connectivity index (χ1n) is 14.0. The molecule has 1 fully saturated rings. The predicted molar refractivity (Wildman–Crippen MR) is 159 cm³/mol. The first-order chi connectivity index (χ1) is 21.8. The Balaban J connectivity index is 1.44. The van der Waals surface area contributed by atoms with Crippen LogP contribution in [0.3, 0.4) is 0 Å². The fourth-order valence-electron chi connectivity index (χ4n) is 4.20. The van der Waals surface area contributed by atoms with E-state index in [2.05, 4.69) is 36.2 Å². The smallest absolute Gasteiger partial charge is 0.422 e. The van der Waals surface area contributed by atoms with Gasteiger partial charge in [0, 0.05) is 29.2 Å². The Morgan fingerprint density at radius 3 is 2.24 bits per heavy atom. The molecule has 1 saturated carbocycles. The molecule has 3 aromatic rings. The fourth-order valence-corrected chi connectivity index (χ4v) is 4.32. The maximum Gasteiger partial charge on any atom is 0.422 e. The lowest BCUT2D eigenvalue weighted by Crippen LogP contribution is -2.43. The maximum atomic E-state index is 12.9. The van der Waals surface area contributed by atoms with Crippen molar-refractivity contribution >= 4 is 52.8 Å². The van der Waals surface area contributed by atoms with Gasteiger partial charge in [0.2, 0.25) is 17.7 Å². The van der Waals surface area contributed by atoms with Crippen LogP contribution in [-0.2, 0) is 19.9 Å². The lowest BCUT2D eigenvalue weighted by atomic mass is 10.1. The van der Waals surface area contributed by atoms with E-state index in [0.29, 0.717) is 23.6 Å². The largest absolute Gasteiger partial charge is 0.480 e. The number of anilines is 3. The third-order valence-corrected chi connectivity index (χ3v) is 7.03. The van der Waals surface area contributed by atoms with Gasteiger partial charge >= 0.3 is 18.2 Å². The summed E-state index contributed by atoms with van der Waals surface area (Å²) in [6.07, 6.45) is -3.38. The number of ether oxygens (including phenoxy) is 1. The van der Waals surface area contributed by atoms with E-state index in [0.717, 1.165) is 5.56 Å². The molecule has 0 bridgehead atoms. The molecule has 17 heteroatoms. The van der Waals surface area contributed by atoms with Gasteiger partial charge in [0.15, 0.2) is 6.61 Å². The molecule has 4 rings (SSSR count). The second-order valence-electron chi connectivity index (χ2n) is 10.3. The van der Waals surface area contributed by atoms with E-state index in [-0.39, 0.29) is 36.8 Å². The molecule has 1 aliphatic rings. The van der Waals surface area contributed by atoms with E-state index in [9.17, 15) is 37.5 Å². The van der Waals surface area contributed by atoms with Gasteiger partial charge in [0.25, 0.3) is 11.8 Å². The van der Waals surface area contributed by atoms with Crippen LogP contribution in [0.25, 0.3) is 0 Å². The van der Waals surface area contributed by atoms with Crippen molar-refractivity contribution in [1.29, 1.82) is 0 Å². The molecule has 1 heterocycles. The minimum Gasteiger partial charge on any atom is -0.480 e. The number of aromatic nitrogens is 3. The van der Waals surface area contributed by atoms with Crippen LogP contribution in [-0.4, -0.2) is 69.0 Å². The highest BCUT2D eigenvalue weighted by molar-refractivity contribution is 6.36. The molecule has 0 radical (unpaired) electrons. The van der Waals surface area contributed by atoms with Crippen LogP contribution in [0, 0.1) is 0 Å². The van der Waals surface area contributed by atoms with Gasteiger partial charge in [0.05, 0.1) is 5.54 Å². The summed E-state index contributed by atoms with van der Waals surface area (Å²) >= 11 is 6.00. The number of halogens is 4. The molecule has 0 saturated heterocycles. The summed E-state index contributed by atoms with van der Waals surface area (Å²) in [5.74, 6) is -3.73. The number of hydrogen-bond donors (Lipinski definition) is 5. The molecule has 0 spiro atoms. The highest BCUT2D eigenvalue weighted by atomic mass is 35.5. The normalized spacial score (nSPS) is 14.0. The van der Waals surface area contributed by atoms with E-state index >= 15 is 0 Å². The van der Waals surface area contributed by atoms with E-state index < -0.39 is 53.9 Å². The number of hydrogen-bond acceptors (Lipinski definition) is 10. The van der Waals surface area contributed by atoms with Gasteiger partial charge in [-0.15, -0.1) is 0 Å². The van der Waals surface area contributed by atoms with Gasteiger partial charge in [-0.1, -0.05) is 30.7 Å². The van der Waals surface area contributed by atoms with Gasteiger partial charge < -0.3 is 31.1 Å². The standard InChI is InChI=1S/C29H29ClF3N7O6/c1-2-21(41)23(43)34-14-11-20(24(44)45)36-22(42)16-3-9-19(10-4-16)35-25-37-26(39-27(38-25)46-15-29(31,32)33)40-28(12-13-28)17-5-7-18(30)8-6-17/h3-10,20H,2,11-15H2,1H3,(H,34,43)(H,36,42)(H,44,45)(H2,35,37,38,39,40)/t20-/m0/s1. The number of ketones is 1. The Labute approximate surface area is 265 Å². The van der Waals surface area contributed by atoms with Crippen LogP contribution in [0.5, 0.6) is 6.01 Å². The van der Waals surface area contributed by atoms with Gasteiger partial charge in [-0.3, -0.25) is 14.4 Å². The van der Waals surface area contributed by atoms with Gasteiger partial charge in [-0.2, -0.15) is 28.1 Å². The van der Waals surface area contributed by atoms with Crippen molar-refractivity contribution in [3.63, 3.8) is 0 Å². The first kappa shape index (κ1) is 33.9. The summed E-state index contributed by atoms with van der Waals surface area (Å²) in [6, 6.07) is 10.8. The number of carbonyl (C=O) groups excluding carboxylic acids is 3. The molecule has 0 unspecified atom stereocenters. The van der Waals surface area contributed by atoms with Crippen LogP contribution in [0.1, 0.15) is 48.5 Å². The molecule has 5 N–H and O–H groups in total. The topological polar surface area (TPSA) is 185 Å². The number of nitrogens with zero attached hydrogens (tertiary/aromatic N) is 3. The van der Waals surface area contributed by atoms with E-state index in [1.807, 2.05) is 12.1 Å². The Morgan fingerprint density at radius 1 is 1.00 bits per heavy atom. The molecule has 1 atom stereocenters. The third kappa shape index (κ3) is 9.50. The number of rotatable bonds is 15. The molecule has 0 aliphatic heterocycles. The maximum absolute atomic E-state index is 12.9. The van der Waals surface area contributed by atoms with Crippen molar-refractivity contribution in [2.45, 2.75) is 50.4 Å². The predicted octanol–water partition coefficient (Wildman–Crippen LogP) is 3.98. The average Bonchev–Trinajstić information content (AvgIpc) is 3.79. The van der Waals surface area contributed by atoms with Crippen LogP contribution in [0.2, 0.25) is 5.02 Å². The van der Waals surface area contributed by atoms with Crippen molar-refractivity contribution in [2.75, 3.05) is 23.8 Å². The molecule has 2 amide bonds. The fraction of sp³-hybridized carbons (Fsp3) is 0.345. The minimum absolute atomic E-state index is 0.000853. The molecule has 1 aromatic heterocycles. The molecule has 244 valence electrons. The molecular weight excluding hydrogens is 635 g/mol. The summed E-state index contributed by atoms with van der Waals surface area (Å²) < 4.78 is 43.3. The summed E-state index contributed by atoms with van der Waals surface area (Å²) in [6.45, 7) is -0.259. The quantitative estimate of drug-likeness (QED) is 0.148. The number of aliphatic carboxylic acids is 1. The highest BCUT2D eigenvalue weighted by Gasteiger charge is 2.45. The number of amides is 2. The van der Waals surface area contributed by atoms with Gasteiger partial charge in [0.1, 0.15) is 6.04 Å². The Kier molecular flexibility index (Phi) is 10.6. The van der Waals surface area contributed by atoms with Crippen LogP contribution in [0.15, 0.2) is 48.5 Å². The number of carbonyl (C=O) groups is 4. The molecule has 2 aromatic carbocycles. The van der Waals surface area contributed by atoms with Crippen LogP contribution >= 0.6 is 11.6 Å². The highest BCUT2D eigenvalue weighted by Crippen LogP contribution is 2.48. The molecule has 13 nitrogen and oxygen atoms in total. The van der Waals surface area contributed by atoms with E-state index in [1.165, 1.54) is 31.2 Å². The Hall–Kier alpha value is -4.99. The van der Waals surface area contributed by atoms with Crippen molar-refractivity contribution in [3.05, 3.63) is 64.7 Å². The average molecular weight is 664 g/mol. The van der Waals surface area contributed by atoms with Crippen LogP contribution < -0.4 is 26.0 Å². The van der Waals surface area contributed by atoms with Gasteiger partial charge in [-0.05, 0) is 61.2 Å². The summed E-state index contributed by atoms with van der Waals surface area (Å²) in [5, 5.41) is 20.7. The minimum atomic E-state index is -4.63. The zero-order valence-electron chi connectivity index (χ0n) is 24.3. The van der Waals surface area contributed by atoms with E-state index in [1.54, 1.807) is 12.1 Å². The number of alkyl halides is 3. The second-order valence-corrected chi connectivity index (χ2v) is 10.7. The zero-order valence-corrected chi connectivity index (χ0v) is 25.0. The van der Waals surface area contributed by atoms with Crippen molar-refractivity contribution < 1.29 is 42.2 Å². The zero-order chi connectivity index (χ0) is 33.5. The number of carboxylic acid groups (broad SMARTS) is 1. The van der Waals surface area contributed by atoms with Crippen molar-refractivity contribution in [1.82, 2.24) is 25.6 Å². The number of Topliss-reactive ketones (excluding diaryl/α,β-unsaturated/α-hetero) is 1. The molecular formula is C29H29ClF3N7O6. The number of nitrogens with one attached hydrogen (secondary N) is 4. The number of benzene rings is 2. The second kappa shape index (κ2) is 14.4. The van der Waals surface area contributed by atoms with Gasteiger partial charge in [-0.25, -0.2) is 4.79 Å². The number of carboxylic acids is 1.